The Morgan fingerprint density at radius 2 is 1.30 bits per heavy atom. The van der Waals surface area contributed by atoms with E-state index in [1.54, 1.807) is 6.07 Å². The van der Waals surface area contributed by atoms with Gasteiger partial charge in [0, 0.05) is 11.8 Å². The van der Waals surface area contributed by atoms with Crippen molar-refractivity contribution in [3.8, 4) is 0 Å². The van der Waals surface area contributed by atoms with Crippen LogP contribution >= 0.6 is 0 Å². The van der Waals surface area contributed by atoms with Gasteiger partial charge in [-0.15, -0.1) is 0 Å². The van der Waals surface area contributed by atoms with Crippen LogP contribution in [0.1, 0.15) is 5.56 Å². The van der Waals surface area contributed by atoms with E-state index in [9.17, 15) is 39.6 Å². The molecule has 6 rings (SSSR count). The van der Waals surface area contributed by atoms with Crippen molar-refractivity contribution < 1.29 is 74.5 Å². The van der Waals surface area contributed by atoms with Crippen molar-refractivity contribution in [2.75, 3.05) is 57.1 Å². The maximum absolute atomic E-state index is 12.3. The second-order valence-electron chi connectivity index (χ2n) is 10.5. The minimum atomic E-state index is -6.09. The number of benzene rings is 2. The molecule has 0 spiro atoms. The van der Waals surface area contributed by atoms with Crippen LogP contribution in [0.15, 0.2) is 35.2 Å². The van der Waals surface area contributed by atoms with Crippen LogP contribution in [0, 0.1) is 0 Å². The third kappa shape index (κ3) is 7.90. The molecular formula is C22H26F6N4O9S3. The molecule has 248 valence electrons. The van der Waals surface area contributed by atoms with Crippen molar-refractivity contribution in [1.82, 2.24) is 0 Å². The van der Waals surface area contributed by atoms with E-state index in [2.05, 4.69) is 4.72 Å². The number of primary amides is 1. The van der Waals surface area contributed by atoms with Crippen LogP contribution < -0.4 is 10.5 Å². The maximum Gasteiger partial charge on any atom is 0.485 e. The predicted molar refractivity (Wildman–Crippen MR) is 139 cm³/mol. The van der Waals surface area contributed by atoms with E-state index in [1.165, 1.54) is 5.56 Å². The molecule has 0 aromatic heterocycles. The number of nitrogens with zero attached hydrogens (tertiary/aromatic N) is 2. The molecule has 0 unspecified atom stereocenters. The summed E-state index contributed by atoms with van der Waals surface area (Å²) in [5.41, 5.74) is -3.93. The van der Waals surface area contributed by atoms with Gasteiger partial charge in [-0.3, -0.25) is 9.52 Å². The number of piperazine rings is 3. The summed E-state index contributed by atoms with van der Waals surface area (Å²) in [4.78, 5) is 11.8. The number of hydrogen-bond acceptors (Lipinski definition) is 9. The summed E-state index contributed by atoms with van der Waals surface area (Å²) in [6.45, 7) is 7.85. The number of halogens is 6. The van der Waals surface area contributed by atoms with Gasteiger partial charge in [-0.05, 0) is 23.1 Å². The molecule has 44 heavy (non-hydrogen) atoms. The Balaban J connectivity index is 0.000000275. The first-order valence-corrected chi connectivity index (χ1v) is 16.7. The number of rotatable bonds is 5. The molecule has 3 N–H and O–H groups in total. The number of alkyl halides is 6. The monoisotopic (exact) mass is 700 g/mol. The standard InChI is InChI=1S/C20H25N4O3S.2CHF3O3S/c21-19(25)14-24-11-8-23(9-12-24,10-13-24)7-6-15-4-5-18-20-16(15)2-1-3-17(20)22-28(18,26)27;2*2-1(3,4)8(5,6)7/h1-5,22H,6-14H2,(H-,21,25);2*(H,5,6,7)/q+1;;/p-1. The highest BCUT2D eigenvalue weighted by atomic mass is 32.2. The summed E-state index contributed by atoms with van der Waals surface area (Å²) in [5.74, 6) is -0.196. The van der Waals surface area contributed by atoms with Crippen molar-refractivity contribution in [1.29, 1.82) is 0 Å². The summed E-state index contributed by atoms with van der Waals surface area (Å²) >= 11 is 0. The highest BCUT2D eigenvalue weighted by molar-refractivity contribution is 7.93. The number of anilines is 1. The molecule has 2 aromatic rings. The van der Waals surface area contributed by atoms with Crippen LogP contribution in [0.5, 0.6) is 0 Å². The van der Waals surface area contributed by atoms with Crippen molar-refractivity contribution >= 4 is 52.6 Å². The number of nitrogens with two attached hydrogens (primary N) is 1. The average molecular weight is 701 g/mol. The first-order valence-electron chi connectivity index (χ1n) is 12.4. The van der Waals surface area contributed by atoms with Gasteiger partial charge in [-0.25, -0.2) is 25.3 Å². The van der Waals surface area contributed by atoms with Gasteiger partial charge in [0.2, 0.25) is 0 Å². The van der Waals surface area contributed by atoms with Crippen LogP contribution in [0.3, 0.4) is 0 Å². The van der Waals surface area contributed by atoms with E-state index < -0.39 is 41.3 Å². The summed E-state index contributed by atoms with van der Waals surface area (Å²) in [5, 5.41) is 1.86. The van der Waals surface area contributed by atoms with E-state index in [4.69, 9.17) is 31.7 Å². The molecule has 3 fully saturated rings. The summed E-state index contributed by atoms with van der Waals surface area (Å²) in [7, 11) is -15.6. The highest BCUT2D eigenvalue weighted by Gasteiger charge is 2.49. The molecule has 0 aliphatic carbocycles. The fourth-order valence-corrected chi connectivity index (χ4v) is 6.67. The summed E-state index contributed by atoms with van der Waals surface area (Å²) in [6.07, 6.45) is 0.927. The van der Waals surface area contributed by atoms with E-state index in [-0.39, 0.29) is 5.91 Å². The van der Waals surface area contributed by atoms with Gasteiger partial charge in [0.15, 0.2) is 26.8 Å². The van der Waals surface area contributed by atoms with Gasteiger partial charge < -0.3 is 23.8 Å². The third-order valence-electron chi connectivity index (χ3n) is 7.69. The number of nitrogens with one attached hydrogen (secondary N) is 1. The predicted octanol–water partition coefficient (Wildman–Crippen LogP) is 0.745. The van der Waals surface area contributed by atoms with Gasteiger partial charge >= 0.3 is 11.0 Å². The smallest absolute Gasteiger partial charge is 0.485 e. The molecule has 0 saturated carbocycles. The Kier molecular flexibility index (Phi) is 9.64. The number of hydrogen-bond donors (Lipinski definition) is 2. The Bertz CT molecular complexity index is 1700. The van der Waals surface area contributed by atoms with Gasteiger partial charge in [-0.1, -0.05) is 18.2 Å². The van der Waals surface area contributed by atoms with E-state index in [1.807, 2.05) is 24.3 Å². The molecular weight excluding hydrogens is 674 g/mol. The Morgan fingerprint density at radius 1 is 0.841 bits per heavy atom. The fraction of sp³-hybridized carbons (Fsp3) is 0.500. The SMILES string of the molecule is NC(=O)C[N+]12CC[N+](CCc3ccc4c5c(cccc35)NS4(=O)=O)(CC1)CC2.O=S(=O)([O-])C(F)(F)F.O=S(=O)([O-])C(F)(F)F. The molecule has 4 aliphatic rings. The molecule has 4 aliphatic heterocycles. The minimum Gasteiger partial charge on any atom is -0.741 e. The van der Waals surface area contributed by atoms with Gasteiger partial charge in [0.1, 0.15) is 39.3 Å². The molecule has 1 amide bonds. The van der Waals surface area contributed by atoms with Crippen LogP contribution in [-0.4, -0.2) is 113 Å². The molecule has 2 aromatic carbocycles. The number of carbonyl (C=O) groups excluding carboxylic acids is 1. The normalized spacial score (nSPS) is 24.0. The molecule has 2 bridgehead atoms. The van der Waals surface area contributed by atoms with Gasteiger partial charge in [0.25, 0.3) is 15.9 Å². The quantitative estimate of drug-likeness (QED) is 0.195. The summed E-state index contributed by atoms with van der Waals surface area (Å²) < 4.78 is 147. The fourth-order valence-electron chi connectivity index (χ4n) is 5.37. The first-order chi connectivity index (χ1) is 19.8. The lowest BCUT2D eigenvalue weighted by Crippen LogP contribution is -2.76. The lowest BCUT2D eigenvalue weighted by atomic mass is 9.99. The zero-order valence-corrected chi connectivity index (χ0v) is 24.8. The maximum atomic E-state index is 12.3. The lowest BCUT2D eigenvalue weighted by Gasteiger charge is -2.55. The molecule has 22 heteroatoms. The second kappa shape index (κ2) is 11.9. The van der Waals surface area contributed by atoms with Crippen LogP contribution in [-0.2, 0) is 41.5 Å². The second-order valence-corrected chi connectivity index (χ2v) is 14.9. The Hall–Kier alpha value is -2.76. The van der Waals surface area contributed by atoms with Crippen molar-refractivity contribution in [3.63, 3.8) is 0 Å². The first kappa shape index (κ1) is 35.7. The highest BCUT2D eigenvalue weighted by Crippen LogP contribution is 2.39. The number of carbonyl (C=O) groups is 1. The zero-order chi connectivity index (χ0) is 33.6. The van der Waals surface area contributed by atoms with Crippen LogP contribution in [0.25, 0.3) is 10.8 Å². The third-order valence-corrected chi connectivity index (χ3v) is 10.2. The van der Waals surface area contributed by atoms with E-state index >= 15 is 0 Å². The molecule has 0 atom stereocenters. The number of quaternary nitrogens is 2. The van der Waals surface area contributed by atoms with Crippen molar-refractivity contribution in [3.05, 3.63) is 35.9 Å². The minimum absolute atomic E-state index is 0.196. The van der Waals surface area contributed by atoms with Crippen molar-refractivity contribution in [2.45, 2.75) is 22.3 Å². The molecule has 3 saturated heterocycles. The number of fused-ring (bicyclic) bond motifs is 3. The lowest BCUT2D eigenvalue weighted by molar-refractivity contribution is -1.08. The summed E-state index contributed by atoms with van der Waals surface area (Å²) in [6, 6.07) is 9.50. The molecule has 4 heterocycles. The molecule has 0 radical (unpaired) electrons. The van der Waals surface area contributed by atoms with Gasteiger partial charge in [0.05, 0.1) is 17.1 Å². The van der Waals surface area contributed by atoms with Gasteiger partial charge in [-0.2, -0.15) is 26.3 Å². The number of sulfonamides is 1. The van der Waals surface area contributed by atoms with Crippen molar-refractivity contribution in [2.24, 2.45) is 5.73 Å². The zero-order valence-electron chi connectivity index (χ0n) is 22.4. The Labute approximate surface area is 247 Å². The van der Waals surface area contributed by atoms with Crippen LogP contribution in [0.4, 0.5) is 32.0 Å². The van der Waals surface area contributed by atoms with E-state index in [0.29, 0.717) is 17.1 Å². The number of amides is 1. The van der Waals surface area contributed by atoms with Crippen LogP contribution in [0.2, 0.25) is 0 Å². The molecule has 13 nitrogen and oxygen atoms in total. The Morgan fingerprint density at radius 3 is 1.73 bits per heavy atom. The van der Waals surface area contributed by atoms with E-state index in [0.717, 1.165) is 72.0 Å². The largest absolute Gasteiger partial charge is 0.741 e. The topological polar surface area (TPSA) is 204 Å². The average Bonchev–Trinajstić information content (AvgIpc) is 3.13.